The van der Waals surface area contributed by atoms with E-state index in [1.165, 1.54) is 28.3 Å². The lowest BCUT2D eigenvalue weighted by molar-refractivity contribution is 0.279. The molecule has 31 heavy (non-hydrogen) atoms. The van der Waals surface area contributed by atoms with Crippen LogP contribution < -0.4 is 11.3 Å². The first-order valence-electron chi connectivity index (χ1n) is 9.59. The highest BCUT2D eigenvalue weighted by Gasteiger charge is 2.20. The van der Waals surface area contributed by atoms with Crippen molar-refractivity contribution in [3.05, 3.63) is 68.7 Å². The van der Waals surface area contributed by atoms with E-state index in [-0.39, 0.29) is 25.3 Å². The number of aromatic nitrogens is 4. The number of aliphatic hydroxyl groups is 1. The van der Waals surface area contributed by atoms with Gasteiger partial charge in [0.05, 0.1) is 24.0 Å². The van der Waals surface area contributed by atoms with Gasteiger partial charge in [-0.1, -0.05) is 24.3 Å². The minimum Gasteiger partial charge on any atom is -0.402 e. The van der Waals surface area contributed by atoms with Crippen LogP contribution in [-0.2, 0) is 19.5 Å². The molecule has 0 spiro atoms. The zero-order valence-electron chi connectivity index (χ0n) is 16.6. The third kappa shape index (κ3) is 3.78. The normalized spacial score (nSPS) is 12.0. The second-order valence-electron chi connectivity index (χ2n) is 6.93. The predicted molar refractivity (Wildman–Crippen MR) is 122 cm³/mol. The second kappa shape index (κ2) is 8.62. The number of benzene rings is 1. The van der Waals surface area contributed by atoms with E-state index in [1.54, 1.807) is 10.8 Å². The zero-order valence-corrected chi connectivity index (χ0v) is 17.4. The van der Waals surface area contributed by atoms with Crippen LogP contribution in [0, 0.1) is 10.8 Å². The standard InChI is InChI=1S/C21H21N7O2S/c22-6-5-15(24)9-17-26-20-19(31-17)16-11-25-28(21(30)18(16)27(20)7-8-29)12-14-4-2-1-3-13(14)10-23/h1-6,10-11,22-23,29H,7-9,12,24H2. The van der Waals surface area contributed by atoms with Crippen LogP contribution in [0.25, 0.3) is 21.3 Å². The first-order chi connectivity index (χ1) is 15.1. The first-order valence-corrected chi connectivity index (χ1v) is 10.4. The van der Waals surface area contributed by atoms with Crippen LogP contribution in [0.1, 0.15) is 16.1 Å². The Morgan fingerprint density at radius 1 is 1.29 bits per heavy atom. The lowest BCUT2D eigenvalue weighted by atomic mass is 10.1. The number of nitrogens with two attached hydrogens (primary N) is 1. The molecule has 5 N–H and O–H groups in total. The molecule has 4 rings (SSSR count). The highest BCUT2D eigenvalue weighted by molar-refractivity contribution is 7.19. The number of nitrogens with zero attached hydrogens (tertiary/aromatic N) is 4. The summed E-state index contributed by atoms with van der Waals surface area (Å²) in [7, 11) is 0. The van der Waals surface area contributed by atoms with E-state index in [4.69, 9.17) is 16.6 Å². The molecule has 0 amide bonds. The second-order valence-corrected chi connectivity index (χ2v) is 8.02. The highest BCUT2D eigenvalue weighted by Crippen LogP contribution is 2.32. The molecular formula is C21H21N7O2S. The van der Waals surface area contributed by atoms with Gasteiger partial charge >= 0.3 is 0 Å². The fraction of sp³-hybridized carbons (Fsp3) is 0.190. The van der Waals surface area contributed by atoms with Crippen molar-refractivity contribution in [2.24, 2.45) is 5.73 Å². The molecule has 158 valence electrons. The number of thiazole rings is 1. The van der Waals surface area contributed by atoms with Crippen molar-refractivity contribution in [2.45, 2.75) is 19.5 Å². The van der Waals surface area contributed by atoms with Gasteiger partial charge in [-0.2, -0.15) is 5.10 Å². The topological polar surface area (TPSA) is 147 Å². The highest BCUT2D eigenvalue weighted by atomic mass is 32.1. The van der Waals surface area contributed by atoms with Crippen LogP contribution in [-0.4, -0.2) is 43.5 Å². The summed E-state index contributed by atoms with van der Waals surface area (Å²) in [5, 5.41) is 30.1. The molecule has 10 heteroatoms. The summed E-state index contributed by atoms with van der Waals surface area (Å²) in [6, 6.07) is 7.39. The van der Waals surface area contributed by atoms with Crippen LogP contribution in [0.3, 0.4) is 0 Å². The first kappa shape index (κ1) is 20.6. The number of allylic oxidation sites excluding steroid dienone is 2. The molecule has 0 unspecified atom stereocenters. The van der Waals surface area contributed by atoms with Gasteiger partial charge in [-0.05, 0) is 17.2 Å². The maximum Gasteiger partial charge on any atom is 0.291 e. The number of rotatable bonds is 8. The summed E-state index contributed by atoms with van der Waals surface area (Å²) in [5.74, 6) is 0. The maximum absolute atomic E-state index is 13.3. The van der Waals surface area contributed by atoms with E-state index in [1.807, 2.05) is 24.3 Å². The molecule has 0 radical (unpaired) electrons. The zero-order chi connectivity index (χ0) is 22.0. The van der Waals surface area contributed by atoms with E-state index >= 15 is 0 Å². The van der Waals surface area contributed by atoms with Gasteiger partial charge in [-0.25, -0.2) is 9.67 Å². The fourth-order valence-corrected chi connectivity index (χ4v) is 4.66. The Morgan fingerprint density at radius 2 is 2.10 bits per heavy atom. The number of hydrogen-bond acceptors (Lipinski definition) is 8. The molecule has 0 aliphatic heterocycles. The van der Waals surface area contributed by atoms with Gasteiger partial charge in [-0.15, -0.1) is 11.3 Å². The van der Waals surface area contributed by atoms with Gasteiger partial charge in [0.25, 0.3) is 5.56 Å². The molecule has 3 aromatic heterocycles. The Labute approximate surface area is 181 Å². The van der Waals surface area contributed by atoms with Gasteiger partial charge in [0.1, 0.15) is 10.5 Å². The van der Waals surface area contributed by atoms with Gasteiger partial charge in [-0.3, -0.25) is 4.79 Å². The Morgan fingerprint density at radius 3 is 2.84 bits per heavy atom. The van der Waals surface area contributed by atoms with Crippen molar-refractivity contribution >= 4 is 45.0 Å². The van der Waals surface area contributed by atoms with Crippen LogP contribution in [0.4, 0.5) is 0 Å². The molecule has 0 bridgehead atoms. The van der Waals surface area contributed by atoms with Crippen LogP contribution in [0.15, 0.2) is 47.0 Å². The average Bonchev–Trinajstić information content (AvgIpc) is 3.28. The molecule has 0 aliphatic rings. The summed E-state index contributed by atoms with van der Waals surface area (Å²) >= 11 is 1.42. The SMILES string of the molecule is N=CC=C(N)Cc1nc2c(s1)c1cnn(Cc3ccccc3C=N)c(=O)c1n2CCO. The van der Waals surface area contributed by atoms with Crippen molar-refractivity contribution in [1.29, 1.82) is 10.8 Å². The van der Waals surface area contributed by atoms with Gasteiger partial charge in [0, 0.05) is 36.5 Å². The van der Waals surface area contributed by atoms with Crippen LogP contribution in [0.5, 0.6) is 0 Å². The van der Waals surface area contributed by atoms with E-state index in [0.29, 0.717) is 28.7 Å². The third-order valence-corrected chi connectivity index (χ3v) is 6.03. The molecule has 0 fully saturated rings. The van der Waals surface area contributed by atoms with E-state index in [9.17, 15) is 9.90 Å². The lowest BCUT2D eigenvalue weighted by Crippen LogP contribution is -2.25. The molecule has 9 nitrogen and oxygen atoms in total. The van der Waals surface area contributed by atoms with Gasteiger partial charge in [0.2, 0.25) is 0 Å². The van der Waals surface area contributed by atoms with E-state index < -0.39 is 0 Å². The average molecular weight is 436 g/mol. The largest absolute Gasteiger partial charge is 0.402 e. The smallest absolute Gasteiger partial charge is 0.291 e. The van der Waals surface area contributed by atoms with Gasteiger partial charge in [0.15, 0.2) is 5.65 Å². The van der Waals surface area contributed by atoms with Crippen molar-refractivity contribution in [2.75, 3.05) is 6.61 Å². The number of fused-ring (bicyclic) bond motifs is 3. The van der Waals surface area contributed by atoms with Gasteiger partial charge < -0.3 is 26.2 Å². The molecule has 0 aliphatic carbocycles. The molecule has 4 aromatic rings. The summed E-state index contributed by atoms with van der Waals surface area (Å²) < 4.78 is 3.91. The van der Waals surface area contributed by atoms with Crippen LogP contribution in [0.2, 0.25) is 0 Å². The third-order valence-electron chi connectivity index (χ3n) is 4.95. The van der Waals surface area contributed by atoms with Crippen molar-refractivity contribution < 1.29 is 5.11 Å². The van der Waals surface area contributed by atoms with Crippen molar-refractivity contribution in [3.63, 3.8) is 0 Å². The summed E-state index contributed by atoms with van der Waals surface area (Å²) in [4.78, 5) is 17.9. The predicted octanol–water partition coefficient (Wildman–Crippen LogP) is 1.88. The fourth-order valence-electron chi connectivity index (χ4n) is 3.55. The number of hydrogen-bond donors (Lipinski definition) is 4. The van der Waals surface area contributed by atoms with Crippen molar-refractivity contribution in [3.8, 4) is 0 Å². The summed E-state index contributed by atoms with van der Waals surface area (Å²) in [5.41, 5.74) is 8.76. The minimum atomic E-state index is -0.277. The molecular weight excluding hydrogens is 414 g/mol. The van der Waals surface area contributed by atoms with E-state index in [2.05, 4.69) is 10.1 Å². The lowest BCUT2D eigenvalue weighted by Gasteiger charge is -2.09. The number of aliphatic hydroxyl groups excluding tert-OH is 1. The molecule has 3 heterocycles. The summed E-state index contributed by atoms with van der Waals surface area (Å²) in [6.07, 6.45) is 5.96. The Kier molecular flexibility index (Phi) is 5.74. The van der Waals surface area contributed by atoms with Crippen molar-refractivity contribution in [1.82, 2.24) is 19.3 Å². The Hall–Kier alpha value is -3.63. The minimum absolute atomic E-state index is 0.139. The Bertz CT molecular complexity index is 1380. The molecule has 0 atom stereocenters. The Balaban J connectivity index is 1.85. The molecule has 1 aromatic carbocycles. The number of nitrogens with one attached hydrogen (secondary N) is 2. The van der Waals surface area contributed by atoms with Crippen LogP contribution >= 0.6 is 11.3 Å². The molecule has 0 saturated heterocycles. The van der Waals surface area contributed by atoms with E-state index in [0.717, 1.165) is 27.0 Å². The quantitative estimate of drug-likeness (QED) is 0.312. The molecule has 0 saturated carbocycles. The monoisotopic (exact) mass is 435 g/mol. The maximum atomic E-state index is 13.3. The summed E-state index contributed by atoms with van der Waals surface area (Å²) in [6.45, 7) is 0.327.